The van der Waals surface area contributed by atoms with Crippen LogP contribution in [0.15, 0.2) is 34.7 Å². The largest absolute Gasteiger partial charge is 0.455 e. The lowest BCUT2D eigenvalue weighted by molar-refractivity contribution is -0.148. The summed E-state index contributed by atoms with van der Waals surface area (Å²) in [5.74, 6) is -0.261. The minimum Gasteiger partial charge on any atom is -0.455 e. The van der Waals surface area contributed by atoms with E-state index in [9.17, 15) is 9.59 Å². The van der Waals surface area contributed by atoms with Gasteiger partial charge in [0.05, 0.1) is 5.92 Å². The molecule has 1 heterocycles. The van der Waals surface area contributed by atoms with E-state index in [1.807, 2.05) is 37.3 Å². The minimum absolute atomic E-state index is 0.0281. The van der Waals surface area contributed by atoms with Crippen molar-refractivity contribution in [3.63, 3.8) is 0 Å². The standard InChI is InChI=1S/C15H15N3O4/c1-9-7-11(9)14(20)21-8-12(19)16-15-18-17-13(22-15)10-5-3-2-4-6-10/h2-6,9,11H,7-8H2,1H3,(H,16,18,19)/t9-,11-/m1/s1. The SMILES string of the molecule is C[C@@H]1C[C@H]1C(=O)OCC(=O)Nc1nnc(-c2ccccc2)o1. The number of amides is 1. The molecule has 1 amide bonds. The molecule has 22 heavy (non-hydrogen) atoms. The third-order valence-corrected chi connectivity index (χ3v) is 3.45. The molecule has 3 rings (SSSR count). The van der Waals surface area contributed by atoms with Crippen molar-refractivity contribution >= 4 is 17.9 Å². The van der Waals surface area contributed by atoms with E-state index in [-0.39, 0.29) is 24.5 Å². The topological polar surface area (TPSA) is 94.3 Å². The van der Waals surface area contributed by atoms with E-state index in [0.717, 1.165) is 12.0 Å². The normalized spacial score (nSPS) is 19.5. The number of hydrogen-bond donors (Lipinski definition) is 1. The van der Waals surface area contributed by atoms with Crippen LogP contribution in [0, 0.1) is 11.8 Å². The molecule has 0 radical (unpaired) electrons. The van der Waals surface area contributed by atoms with Gasteiger partial charge in [-0.15, -0.1) is 5.10 Å². The summed E-state index contributed by atoms with van der Waals surface area (Å²) in [5.41, 5.74) is 0.754. The molecule has 1 fully saturated rings. The van der Waals surface area contributed by atoms with Crippen LogP contribution in [-0.2, 0) is 14.3 Å². The summed E-state index contributed by atoms with van der Waals surface area (Å²) in [5, 5.41) is 9.98. The third kappa shape index (κ3) is 3.30. The Hall–Kier alpha value is -2.70. The van der Waals surface area contributed by atoms with Gasteiger partial charge in [0.15, 0.2) is 6.61 Å². The van der Waals surface area contributed by atoms with Crippen LogP contribution in [0.3, 0.4) is 0 Å². The molecule has 1 aromatic carbocycles. The van der Waals surface area contributed by atoms with Gasteiger partial charge in [-0.05, 0) is 24.5 Å². The van der Waals surface area contributed by atoms with E-state index in [4.69, 9.17) is 9.15 Å². The molecule has 0 aliphatic heterocycles. The van der Waals surface area contributed by atoms with Crippen molar-refractivity contribution in [2.24, 2.45) is 11.8 Å². The zero-order valence-corrected chi connectivity index (χ0v) is 12.0. The molecule has 1 aliphatic rings. The molecule has 2 aromatic rings. The molecule has 2 atom stereocenters. The van der Waals surface area contributed by atoms with Gasteiger partial charge in [0.25, 0.3) is 5.91 Å². The first kappa shape index (κ1) is 14.2. The van der Waals surface area contributed by atoms with Crippen LogP contribution >= 0.6 is 0 Å². The number of aromatic nitrogens is 2. The van der Waals surface area contributed by atoms with Crippen molar-refractivity contribution in [3.05, 3.63) is 30.3 Å². The fraction of sp³-hybridized carbons (Fsp3) is 0.333. The number of nitrogens with one attached hydrogen (secondary N) is 1. The van der Waals surface area contributed by atoms with Gasteiger partial charge >= 0.3 is 12.0 Å². The minimum atomic E-state index is -0.509. The summed E-state index contributed by atoms with van der Waals surface area (Å²) in [6, 6.07) is 9.17. The Kier molecular flexibility index (Phi) is 3.86. The van der Waals surface area contributed by atoms with Crippen LogP contribution in [0.1, 0.15) is 13.3 Å². The Labute approximate surface area is 126 Å². The van der Waals surface area contributed by atoms with Crippen LogP contribution in [0.2, 0.25) is 0 Å². The monoisotopic (exact) mass is 301 g/mol. The lowest BCUT2D eigenvalue weighted by Gasteiger charge is -2.02. The smallest absolute Gasteiger partial charge is 0.322 e. The predicted molar refractivity (Wildman–Crippen MR) is 76.6 cm³/mol. The van der Waals surface area contributed by atoms with E-state index < -0.39 is 5.91 Å². The Morgan fingerprint density at radius 2 is 2.05 bits per heavy atom. The highest BCUT2D eigenvalue weighted by Crippen LogP contribution is 2.38. The number of benzene rings is 1. The first-order valence-electron chi connectivity index (χ1n) is 6.99. The van der Waals surface area contributed by atoms with Crippen molar-refractivity contribution < 1.29 is 18.7 Å². The second-order valence-electron chi connectivity index (χ2n) is 5.25. The van der Waals surface area contributed by atoms with Gasteiger partial charge in [0.2, 0.25) is 5.89 Å². The van der Waals surface area contributed by atoms with Crippen molar-refractivity contribution in [1.82, 2.24) is 10.2 Å². The number of rotatable bonds is 5. The van der Waals surface area contributed by atoms with Crippen LogP contribution in [0.5, 0.6) is 0 Å². The maximum absolute atomic E-state index is 11.7. The average Bonchev–Trinajstić information content (AvgIpc) is 3.08. The number of anilines is 1. The fourth-order valence-corrected chi connectivity index (χ4v) is 2.02. The molecule has 7 heteroatoms. The Balaban J connectivity index is 1.52. The van der Waals surface area contributed by atoms with Crippen molar-refractivity contribution in [2.75, 3.05) is 11.9 Å². The van der Waals surface area contributed by atoms with E-state index in [1.165, 1.54) is 0 Å². The molecular formula is C15H15N3O4. The van der Waals surface area contributed by atoms with Gasteiger partial charge < -0.3 is 9.15 Å². The molecule has 0 bridgehead atoms. The number of carbonyl (C=O) groups excluding carboxylic acids is 2. The first-order chi connectivity index (χ1) is 10.6. The van der Waals surface area contributed by atoms with Gasteiger partial charge in [0.1, 0.15) is 0 Å². The van der Waals surface area contributed by atoms with Gasteiger partial charge in [-0.3, -0.25) is 14.9 Å². The molecule has 1 saturated carbocycles. The second-order valence-corrected chi connectivity index (χ2v) is 5.25. The zero-order valence-electron chi connectivity index (χ0n) is 12.0. The Bertz CT molecular complexity index is 683. The highest BCUT2D eigenvalue weighted by atomic mass is 16.5. The lowest BCUT2D eigenvalue weighted by Crippen LogP contribution is -2.21. The highest BCUT2D eigenvalue weighted by molar-refractivity contribution is 5.91. The van der Waals surface area contributed by atoms with Crippen LogP contribution < -0.4 is 5.32 Å². The van der Waals surface area contributed by atoms with Crippen molar-refractivity contribution in [1.29, 1.82) is 0 Å². The highest BCUT2D eigenvalue weighted by Gasteiger charge is 2.40. The summed E-state index contributed by atoms with van der Waals surface area (Å²) in [7, 11) is 0. The number of esters is 1. The molecule has 0 spiro atoms. The molecule has 0 saturated heterocycles. The fourth-order valence-electron chi connectivity index (χ4n) is 2.02. The van der Waals surface area contributed by atoms with E-state index in [0.29, 0.717) is 11.8 Å². The summed E-state index contributed by atoms with van der Waals surface area (Å²) < 4.78 is 10.3. The molecule has 114 valence electrons. The van der Waals surface area contributed by atoms with E-state index in [2.05, 4.69) is 15.5 Å². The first-order valence-corrected chi connectivity index (χ1v) is 6.99. The van der Waals surface area contributed by atoms with E-state index >= 15 is 0 Å². The second kappa shape index (κ2) is 5.97. The molecule has 1 N–H and O–H groups in total. The Morgan fingerprint density at radius 3 is 2.73 bits per heavy atom. The van der Waals surface area contributed by atoms with Gasteiger partial charge in [-0.2, -0.15) is 0 Å². The van der Waals surface area contributed by atoms with Gasteiger partial charge in [-0.25, -0.2) is 0 Å². The molecule has 0 unspecified atom stereocenters. The predicted octanol–water partition coefficient (Wildman–Crippen LogP) is 1.87. The zero-order chi connectivity index (χ0) is 15.5. The molecule has 7 nitrogen and oxygen atoms in total. The van der Waals surface area contributed by atoms with Crippen LogP contribution in [0.25, 0.3) is 11.5 Å². The van der Waals surface area contributed by atoms with Crippen molar-refractivity contribution in [3.8, 4) is 11.5 Å². The summed E-state index contributed by atoms with van der Waals surface area (Å²) in [6.45, 7) is 1.61. The number of hydrogen-bond acceptors (Lipinski definition) is 6. The molecular weight excluding hydrogens is 286 g/mol. The summed E-state index contributed by atoms with van der Waals surface area (Å²) in [6.07, 6.45) is 0.824. The lowest BCUT2D eigenvalue weighted by atomic mass is 10.2. The number of ether oxygens (including phenoxy) is 1. The number of carbonyl (C=O) groups is 2. The summed E-state index contributed by atoms with van der Waals surface area (Å²) in [4.78, 5) is 23.2. The quantitative estimate of drug-likeness (QED) is 0.847. The average molecular weight is 301 g/mol. The third-order valence-electron chi connectivity index (χ3n) is 3.45. The van der Waals surface area contributed by atoms with E-state index in [1.54, 1.807) is 0 Å². The maximum atomic E-state index is 11.7. The van der Waals surface area contributed by atoms with Crippen LogP contribution in [0.4, 0.5) is 6.01 Å². The van der Waals surface area contributed by atoms with Crippen molar-refractivity contribution in [2.45, 2.75) is 13.3 Å². The van der Waals surface area contributed by atoms with Gasteiger partial charge in [-0.1, -0.05) is 30.2 Å². The molecule has 1 aliphatic carbocycles. The van der Waals surface area contributed by atoms with Gasteiger partial charge in [0, 0.05) is 5.56 Å². The van der Waals surface area contributed by atoms with Crippen LogP contribution in [-0.4, -0.2) is 28.7 Å². The Morgan fingerprint density at radius 1 is 1.32 bits per heavy atom. The number of nitrogens with zero attached hydrogens (tertiary/aromatic N) is 2. The molecule has 1 aromatic heterocycles. The summed E-state index contributed by atoms with van der Waals surface area (Å²) >= 11 is 0. The maximum Gasteiger partial charge on any atom is 0.322 e.